The summed E-state index contributed by atoms with van der Waals surface area (Å²) in [7, 11) is 0. The largest absolute Gasteiger partial charge is 0.471 e. The van der Waals surface area contributed by atoms with Gasteiger partial charge in [0.2, 0.25) is 11.8 Å². The van der Waals surface area contributed by atoms with E-state index in [9.17, 15) is 26.7 Å². The molecule has 2 aromatic heterocycles. The van der Waals surface area contributed by atoms with Gasteiger partial charge in [-0.25, -0.2) is 18.2 Å². The number of hydrogen-bond donors (Lipinski definition) is 1. The lowest BCUT2D eigenvalue weighted by Gasteiger charge is -2.31. The molecule has 4 aromatic rings. The number of thiazole rings is 1. The number of nitrogens with zero attached hydrogens (tertiary/aromatic N) is 5. The number of hydrogen-bond acceptors (Lipinski definition) is 9. The lowest BCUT2D eigenvalue weighted by atomic mass is 9.95. The van der Waals surface area contributed by atoms with Crippen molar-refractivity contribution in [1.82, 2.24) is 24.8 Å². The Morgan fingerprint density at radius 2 is 2.00 bits per heavy atom. The van der Waals surface area contributed by atoms with Gasteiger partial charge in [-0.1, -0.05) is 17.9 Å². The molecule has 2 N–H and O–H groups in total. The van der Waals surface area contributed by atoms with Crippen LogP contribution in [-0.2, 0) is 11.0 Å². The van der Waals surface area contributed by atoms with Crippen LogP contribution in [0.15, 0.2) is 30.9 Å². The predicted molar refractivity (Wildman–Crippen MR) is 166 cm³/mol. The molecule has 7 rings (SSSR count). The van der Waals surface area contributed by atoms with Crippen LogP contribution in [0, 0.1) is 11.6 Å². The van der Waals surface area contributed by atoms with E-state index in [-0.39, 0.29) is 64.8 Å². The van der Waals surface area contributed by atoms with E-state index >= 15 is 4.39 Å². The normalized spacial score (nSPS) is 24.5. The zero-order valence-electron chi connectivity index (χ0n) is 25.6. The third-order valence-electron chi connectivity index (χ3n) is 9.60. The van der Waals surface area contributed by atoms with Crippen molar-refractivity contribution >= 4 is 43.5 Å². The van der Waals surface area contributed by atoms with Crippen molar-refractivity contribution in [2.24, 2.45) is 0 Å². The summed E-state index contributed by atoms with van der Waals surface area (Å²) >= 11 is 0.720. The molecule has 5 heterocycles. The molecule has 3 aliphatic heterocycles. The maximum Gasteiger partial charge on any atom is 0.417 e. The number of carbonyl (C=O) groups excluding carboxylic acids is 1. The van der Waals surface area contributed by atoms with Gasteiger partial charge in [0.05, 0.1) is 32.7 Å². The number of rotatable bonds is 7. The molecule has 0 aliphatic carbocycles. The van der Waals surface area contributed by atoms with Gasteiger partial charge in [-0.2, -0.15) is 23.1 Å². The van der Waals surface area contributed by atoms with Crippen LogP contribution in [-0.4, -0.2) is 80.8 Å². The predicted octanol–water partition coefficient (Wildman–Crippen LogP) is 6.30. The Labute approximate surface area is 274 Å². The summed E-state index contributed by atoms with van der Waals surface area (Å²) in [5.74, 6) is -2.89. The van der Waals surface area contributed by atoms with Gasteiger partial charge in [-0.15, -0.1) is 0 Å². The average Bonchev–Trinajstić information content (AvgIpc) is 3.78. The monoisotopic (exact) mass is 692 g/mol. The van der Waals surface area contributed by atoms with E-state index in [1.807, 2.05) is 4.90 Å². The van der Waals surface area contributed by atoms with Crippen molar-refractivity contribution in [3.63, 3.8) is 0 Å². The van der Waals surface area contributed by atoms with Crippen molar-refractivity contribution in [2.75, 3.05) is 32.0 Å². The minimum atomic E-state index is -5.09. The van der Waals surface area contributed by atoms with Gasteiger partial charge in [0.1, 0.15) is 30.2 Å². The second kappa shape index (κ2) is 11.8. The first-order chi connectivity index (χ1) is 22.8. The van der Waals surface area contributed by atoms with Gasteiger partial charge < -0.3 is 20.1 Å². The fourth-order valence-corrected chi connectivity index (χ4v) is 8.07. The van der Waals surface area contributed by atoms with Gasteiger partial charge in [0, 0.05) is 37.1 Å². The Morgan fingerprint density at radius 1 is 1.21 bits per heavy atom. The van der Waals surface area contributed by atoms with E-state index in [0.29, 0.717) is 25.5 Å². The first-order valence-corrected chi connectivity index (χ1v) is 16.2. The van der Waals surface area contributed by atoms with E-state index in [1.165, 1.54) is 4.90 Å². The third-order valence-corrected chi connectivity index (χ3v) is 10.5. The van der Waals surface area contributed by atoms with E-state index < -0.39 is 63.7 Å². The fourth-order valence-electron chi connectivity index (χ4n) is 7.30. The number of fused-ring (bicyclic) bond motifs is 3. The van der Waals surface area contributed by atoms with Crippen molar-refractivity contribution in [1.29, 1.82) is 0 Å². The highest BCUT2D eigenvalue weighted by Crippen LogP contribution is 2.46. The number of ether oxygens (including phenoxy) is 2. The number of benzene rings is 2. The second-order valence-electron chi connectivity index (χ2n) is 12.4. The number of amides is 1. The number of aromatic nitrogens is 3. The highest BCUT2D eigenvalue weighted by atomic mass is 32.1. The standard InChI is InChI=1S/C32H30F6N6O3S/c1-3-22(45)44-10-7-21(15(44)2)47-28-18-11-19(32(36,37)38)23(17-5-6-20(34)27-26(17)40-29(39)48-27)24(35)25(18)41-30(42-28)46-14-31-8-4-9-43(31)13-16(33)12-31/h3,5-6,11,15-16,21H,1,4,7-10,12-14H2,2H3,(H2,39,40)/t15-,16-,21-,31+/m1/s1. The zero-order valence-corrected chi connectivity index (χ0v) is 26.4. The molecule has 254 valence electrons. The van der Waals surface area contributed by atoms with Crippen LogP contribution in [0.2, 0.25) is 0 Å². The Balaban J connectivity index is 1.39. The van der Waals surface area contributed by atoms with Crippen LogP contribution in [0.5, 0.6) is 11.9 Å². The molecule has 0 radical (unpaired) electrons. The summed E-state index contributed by atoms with van der Waals surface area (Å²) in [5, 5.41) is -0.504. The van der Waals surface area contributed by atoms with Crippen LogP contribution in [0.4, 0.5) is 31.5 Å². The van der Waals surface area contributed by atoms with E-state index in [2.05, 4.69) is 21.5 Å². The topological polar surface area (TPSA) is 107 Å². The Hall–Kier alpha value is -4.18. The summed E-state index contributed by atoms with van der Waals surface area (Å²) in [6.45, 7) is 6.40. The van der Waals surface area contributed by atoms with Crippen LogP contribution < -0.4 is 15.2 Å². The molecule has 2 aromatic carbocycles. The van der Waals surface area contributed by atoms with Crippen LogP contribution in [0.25, 0.3) is 32.2 Å². The first-order valence-electron chi connectivity index (χ1n) is 15.4. The maximum absolute atomic E-state index is 16.8. The minimum Gasteiger partial charge on any atom is -0.471 e. The average molecular weight is 693 g/mol. The molecular formula is C32H30F6N6O3S. The van der Waals surface area contributed by atoms with Gasteiger partial charge in [-0.3, -0.25) is 9.69 Å². The van der Waals surface area contributed by atoms with E-state index in [4.69, 9.17) is 15.2 Å². The molecule has 0 saturated carbocycles. The molecule has 0 bridgehead atoms. The summed E-state index contributed by atoms with van der Waals surface area (Å²) in [5.41, 5.74) is 1.73. The molecule has 3 aliphatic rings. The van der Waals surface area contributed by atoms with Gasteiger partial charge in [-0.05, 0) is 50.6 Å². The Kier molecular flexibility index (Phi) is 7.93. The van der Waals surface area contributed by atoms with Crippen LogP contribution >= 0.6 is 11.3 Å². The summed E-state index contributed by atoms with van der Waals surface area (Å²) in [4.78, 5) is 28.4. The lowest BCUT2D eigenvalue weighted by Crippen LogP contribution is -2.43. The number of likely N-dealkylation sites (tertiary alicyclic amines) is 1. The quantitative estimate of drug-likeness (QED) is 0.178. The molecule has 1 amide bonds. The number of halogens is 6. The molecule has 0 spiro atoms. The maximum atomic E-state index is 16.8. The second-order valence-corrected chi connectivity index (χ2v) is 13.5. The number of nitrogens with two attached hydrogens (primary N) is 1. The van der Waals surface area contributed by atoms with Crippen LogP contribution in [0.3, 0.4) is 0 Å². The van der Waals surface area contributed by atoms with Gasteiger partial charge in [0.15, 0.2) is 10.9 Å². The molecule has 9 nitrogen and oxygen atoms in total. The number of nitrogen functional groups attached to an aromatic ring is 1. The molecule has 3 fully saturated rings. The lowest BCUT2D eigenvalue weighted by molar-refractivity contribution is -0.137. The third kappa shape index (κ3) is 5.38. The molecule has 4 atom stereocenters. The fraction of sp³-hybridized carbons (Fsp3) is 0.438. The summed E-state index contributed by atoms with van der Waals surface area (Å²) < 4.78 is 102. The molecule has 0 unspecified atom stereocenters. The van der Waals surface area contributed by atoms with Gasteiger partial charge >= 0.3 is 12.2 Å². The Bertz CT molecular complexity index is 1960. The smallest absolute Gasteiger partial charge is 0.417 e. The first kappa shape index (κ1) is 32.4. The summed E-state index contributed by atoms with van der Waals surface area (Å²) in [6.07, 6.45) is -3.71. The van der Waals surface area contributed by atoms with Gasteiger partial charge in [0.25, 0.3) is 0 Å². The van der Waals surface area contributed by atoms with Crippen LogP contribution in [0.1, 0.15) is 38.2 Å². The number of anilines is 1. The number of carbonyl (C=O) groups is 1. The highest BCUT2D eigenvalue weighted by Gasteiger charge is 2.49. The minimum absolute atomic E-state index is 0.0361. The highest BCUT2D eigenvalue weighted by molar-refractivity contribution is 7.22. The molecule has 48 heavy (non-hydrogen) atoms. The van der Waals surface area contributed by atoms with Crippen molar-refractivity contribution in [3.05, 3.63) is 48.1 Å². The Morgan fingerprint density at radius 3 is 2.75 bits per heavy atom. The van der Waals surface area contributed by atoms with Crippen molar-refractivity contribution < 1.29 is 40.6 Å². The molecule has 3 saturated heterocycles. The number of alkyl halides is 4. The zero-order chi connectivity index (χ0) is 34.1. The van der Waals surface area contributed by atoms with E-state index in [1.54, 1.807) is 6.92 Å². The SMILES string of the molecule is C=CC(=O)N1CC[C@@H](Oc2nc(OC[C@@]34CCCN3C[C@H](F)C4)nc3c(F)c(-c4ccc(F)c5sc(N)nc45)c(C(F)(F)F)cc23)[C@H]1C. The molecule has 16 heteroatoms. The van der Waals surface area contributed by atoms with E-state index in [0.717, 1.165) is 36.0 Å². The molecular weight excluding hydrogens is 662 g/mol. The van der Waals surface area contributed by atoms with Crippen molar-refractivity contribution in [2.45, 2.75) is 62.6 Å². The summed E-state index contributed by atoms with van der Waals surface area (Å²) in [6, 6.07) is 1.72. The van der Waals surface area contributed by atoms with Crippen molar-refractivity contribution in [3.8, 4) is 23.0 Å².